The minimum Gasteiger partial charge on any atom is -0.251 e. The van der Waals surface area contributed by atoms with Gasteiger partial charge in [-0.25, -0.2) is 40.4 Å². The molecule has 0 spiro atoms. The molecule has 30 heavy (non-hydrogen) atoms. The highest BCUT2D eigenvalue weighted by Crippen LogP contribution is 2.34. The van der Waals surface area contributed by atoms with Gasteiger partial charge < -0.3 is 0 Å². The second-order valence-corrected chi connectivity index (χ2v) is 5.49. The van der Waals surface area contributed by atoms with E-state index in [1.165, 1.54) is 5.32 Å². The van der Waals surface area contributed by atoms with Gasteiger partial charge in [0.15, 0.2) is 40.7 Å². The molecular formula is C17H11F12N. The topological polar surface area (TPSA) is 12.0 Å². The monoisotopic (exact) mass is 457 g/mol. The first-order valence-corrected chi connectivity index (χ1v) is 7.86. The van der Waals surface area contributed by atoms with Crippen molar-refractivity contribution in [2.24, 2.45) is 0 Å². The van der Waals surface area contributed by atoms with Crippen LogP contribution in [0.2, 0.25) is 0 Å². The Bertz CT molecular complexity index is 849. The van der Waals surface area contributed by atoms with Crippen LogP contribution in [0.3, 0.4) is 0 Å². The number of halogens is 12. The molecule has 168 valence electrons. The Hall–Kier alpha value is -2.44. The molecule has 0 bridgehead atoms. The average Bonchev–Trinajstić information content (AvgIpc) is 2.68. The Labute approximate surface area is 161 Å². The van der Waals surface area contributed by atoms with E-state index >= 15 is 0 Å². The van der Waals surface area contributed by atoms with Crippen LogP contribution >= 0.6 is 0 Å². The summed E-state index contributed by atoms with van der Waals surface area (Å²) in [6, 6.07) is 0.665. The van der Waals surface area contributed by atoms with Crippen molar-refractivity contribution in [1.29, 1.82) is 0 Å². The van der Waals surface area contributed by atoms with Crippen LogP contribution < -0.4 is 5.32 Å². The molecule has 0 saturated carbocycles. The minimum atomic E-state index is -4.32. The van der Waals surface area contributed by atoms with Crippen LogP contribution in [0.4, 0.5) is 52.7 Å². The molecule has 0 aliphatic carbocycles. The molecule has 2 aromatic rings. The van der Waals surface area contributed by atoms with Gasteiger partial charge in [0.1, 0.15) is 0 Å². The number of benzene rings is 2. The molecule has 0 fully saturated rings. The van der Waals surface area contributed by atoms with Crippen molar-refractivity contribution in [3.05, 3.63) is 58.7 Å². The third-order valence-corrected chi connectivity index (χ3v) is 3.40. The fourth-order valence-electron chi connectivity index (χ4n) is 2.01. The van der Waals surface area contributed by atoms with Crippen molar-refractivity contribution in [1.82, 2.24) is 5.32 Å². The molecule has 0 radical (unpaired) electrons. The van der Waals surface area contributed by atoms with Crippen LogP contribution in [0.15, 0.2) is 12.1 Å². The van der Waals surface area contributed by atoms with E-state index in [0.717, 1.165) is 0 Å². The van der Waals surface area contributed by atoms with E-state index in [9.17, 15) is 52.7 Å². The van der Waals surface area contributed by atoms with E-state index in [4.69, 9.17) is 0 Å². The molecule has 1 nitrogen and oxygen atoms in total. The lowest BCUT2D eigenvalue weighted by molar-refractivity contribution is -0.156. The number of alkyl halides is 4. The zero-order chi connectivity index (χ0) is 23.2. The van der Waals surface area contributed by atoms with Gasteiger partial charge in [-0.15, -0.1) is 0 Å². The first-order chi connectivity index (χ1) is 13.8. The SMILES string of the molecule is FCCCCNC(F)(F)F.Fc1ccc(-c2c(F)c(F)c(F)c(F)c2F)c(F)c1F. The third kappa shape index (κ3) is 6.28. The summed E-state index contributed by atoms with van der Waals surface area (Å²) in [5.74, 6) is -17.6. The zero-order valence-corrected chi connectivity index (χ0v) is 14.5. The predicted octanol–water partition coefficient (Wildman–Crippen LogP) is 6.31. The summed E-state index contributed by atoms with van der Waals surface area (Å²) >= 11 is 0. The van der Waals surface area contributed by atoms with Crippen molar-refractivity contribution in [2.75, 3.05) is 13.2 Å². The van der Waals surface area contributed by atoms with Gasteiger partial charge in [0.25, 0.3) is 0 Å². The molecule has 13 heteroatoms. The van der Waals surface area contributed by atoms with E-state index in [1.807, 2.05) is 0 Å². The number of hydrogen-bond acceptors (Lipinski definition) is 1. The fraction of sp³-hybridized carbons (Fsp3) is 0.294. The van der Waals surface area contributed by atoms with E-state index in [-0.39, 0.29) is 19.4 Å². The molecule has 0 unspecified atom stereocenters. The zero-order valence-electron chi connectivity index (χ0n) is 14.5. The van der Waals surface area contributed by atoms with Crippen LogP contribution in [-0.4, -0.2) is 19.5 Å². The predicted molar refractivity (Wildman–Crippen MR) is 80.8 cm³/mol. The van der Waals surface area contributed by atoms with Gasteiger partial charge in [-0.2, -0.15) is 13.2 Å². The molecule has 0 heterocycles. The van der Waals surface area contributed by atoms with Crippen LogP contribution in [0, 0.1) is 46.5 Å². The van der Waals surface area contributed by atoms with Crippen molar-refractivity contribution in [3.8, 4) is 11.1 Å². The lowest BCUT2D eigenvalue weighted by Gasteiger charge is -2.09. The molecule has 0 amide bonds. The smallest absolute Gasteiger partial charge is 0.251 e. The van der Waals surface area contributed by atoms with E-state index in [0.29, 0.717) is 12.1 Å². The molecule has 1 N–H and O–H groups in total. The maximum atomic E-state index is 13.4. The van der Waals surface area contributed by atoms with E-state index in [2.05, 4.69) is 0 Å². The summed E-state index contributed by atoms with van der Waals surface area (Å²) in [5, 5.41) is 1.29. The van der Waals surface area contributed by atoms with Gasteiger partial charge in [-0.05, 0) is 25.0 Å². The van der Waals surface area contributed by atoms with Gasteiger partial charge in [-0.3, -0.25) is 4.39 Å². The Morgan fingerprint density at radius 1 is 0.633 bits per heavy atom. The Morgan fingerprint density at radius 3 is 1.60 bits per heavy atom. The van der Waals surface area contributed by atoms with Gasteiger partial charge in [-0.1, -0.05) is 0 Å². The standard InChI is InChI=1S/C12H2F8.C5H9F4N/c13-4-2-1-3(6(14)7(4)15)5-8(16)10(18)12(20)11(19)9(5)17;6-3-1-2-4-10-5(7,8)9/h1-2H;10H,1-4H2. The highest BCUT2D eigenvalue weighted by molar-refractivity contribution is 5.66. The summed E-state index contributed by atoms with van der Waals surface area (Å²) in [6.07, 6.45) is -3.92. The number of rotatable bonds is 5. The molecule has 0 aliphatic rings. The third-order valence-electron chi connectivity index (χ3n) is 3.40. The van der Waals surface area contributed by atoms with Gasteiger partial charge in [0.2, 0.25) is 5.82 Å². The first kappa shape index (κ1) is 25.6. The van der Waals surface area contributed by atoms with Crippen LogP contribution in [0.1, 0.15) is 12.8 Å². The molecular weight excluding hydrogens is 446 g/mol. The summed E-state index contributed by atoms with van der Waals surface area (Å²) in [7, 11) is 0. The molecule has 0 aliphatic heterocycles. The quantitative estimate of drug-likeness (QED) is 0.182. The maximum Gasteiger partial charge on any atom is 0.457 e. The van der Waals surface area contributed by atoms with Gasteiger partial charge in [0, 0.05) is 12.1 Å². The normalized spacial score (nSPS) is 11.3. The van der Waals surface area contributed by atoms with Crippen LogP contribution in [-0.2, 0) is 0 Å². The number of unbranched alkanes of at least 4 members (excludes halogenated alkanes) is 1. The van der Waals surface area contributed by atoms with Gasteiger partial charge >= 0.3 is 6.30 Å². The van der Waals surface area contributed by atoms with Gasteiger partial charge in [0.05, 0.1) is 12.2 Å². The lowest BCUT2D eigenvalue weighted by atomic mass is 10.0. The Morgan fingerprint density at radius 2 is 1.13 bits per heavy atom. The largest absolute Gasteiger partial charge is 0.457 e. The van der Waals surface area contributed by atoms with Crippen molar-refractivity contribution < 1.29 is 52.7 Å². The maximum absolute atomic E-state index is 13.4. The number of nitrogens with one attached hydrogen (secondary N) is 1. The van der Waals surface area contributed by atoms with Crippen molar-refractivity contribution >= 4 is 0 Å². The molecule has 0 atom stereocenters. The number of hydrogen-bond donors (Lipinski definition) is 1. The molecule has 0 aromatic heterocycles. The molecule has 2 rings (SSSR count). The van der Waals surface area contributed by atoms with E-state index in [1.54, 1.807) is 0 Å². The minimum absolute atomic E-state index is 0.184. The molecule has 0 saturated heterocycles. The fourth-order valence-corrected chi connectivity index (χ4v) is 2.01. The Balaban J connectivity index is 0.000000382. The molecule has 2 aromatic carbocycles. The summed E-state index contributed by atoms with van der Waals surface area (Å²) in [5.41, 5.74) is -2.95. The summed E-state index contributed by atoms with van der Waals surface area (Å²) in [6.45, 7) is -0.757. The van der Waals surface area contributed by atoms with Crippen LogP contribution in [0.25, 0.3) is 11.1 Å². The van der Waals surface area contributed by atoms with Crippen molar-refractivity contribution in [3.63, 3.8) is 0 Å². The highest BCUT2D eigenvalue weighted by Gasteiger charge is 2.29. The summed E-state index contributed by atoms with van der Waals surface area (Å²) < 4.78 is 150. The van der Waals surface area contributed by atoms with Crippen molar-refractivity contribution in [2.45, 2.75) is 19.1 Å². The average molecular weight is 457 g/mol. The Kier molecular flexibility index (Phi) is 9.00. The second kappa shape index (κ2) is 10.5. The summed E-state index contributed by atoms with van der Waals surface area (Å²) in [4.78, 5) is 0. The first-order valence-electron chi connectivity index (χ1n) is 7.86. The lowest BCUT2D eigenvalue weighted by Crippen LogP contribution is -2.32. The van der Waals surface area contributed by atoms with Crippen LogP contribution in [0.5, 0.6) is 0 Å². The highest BCUT2D eigenvalue weighted by atomic mass is 19.4. The van der Waals surface area contributed by atoms with E-state index < -0.39 is 70.6 Å². The second-order valence-electron chi connectivity index (χ2n) is 5.49.